The van der Waals surface area contributed by atoms with Crippen molar-refractivity contribution in [2.75, 3.05) is 6.54 Å². The number of hydrogen-bond acceptors (Lipinski definition) is 4. The first-order chi connectivity index (χ1) is 9.23. The molecule has 1 aromatic heterocycles. The van der Waals surface area contributed by atoms with E-state index in [2.05, 4.69) is 26.1 Å². The first-order valence-electron chi connectivity index (χ1n) is 6.54. The van der Waals surface area contributed by atoms with Crippen LogP contribution in [0.1, 0.15) is 31.6 Å². The van der Waals surface area contributed by atoms with Gasteiger partial charge in [0.1, 0.15) is 0 Å². The third-order valence-electron chi connectivity index (χ3n) is 3.93. The van der Waals surface area contributed by atoms with E-state index in [1.54, 1.807) is 0 Å². The fourth-order valence-electron chi connectivity index (χ4n) is 2.71. The molecule has 0 atom stereocenters. The van der Waals surface area contributed by atoms with Crippen LogP contribution in [0.15, 0.2) is 33.3 Å². The van der Waals surface area contributed by atoms with Crippen LogP contribution in [0.5, 0.6) is 0 Å². The van der Waals surface area contributed by atoms with E-state index >= 15 is 0 Å². The van der Waals surface area contributed by atoms with Gasteiger partial charge in [-0.2, -0.15) is 4.98 Å². The Hall–Kier alpha value is -1.20. The molecule has 0 amide bonds. The summed E-state index contributed by atoms with van der Waals surface area (Å²) in [5.74, 6) is 1.34. The largest absolute Gasteiger partial charge is 0.338 e. The van der Waals surface area contributed by atoms with E-state index in [0.717, 1.165) is 22.9 Å². The van der Waals surface area contributed by atoms with Crippen molar-refractivity contribution in [3.8, 4) is 11.4 Å². The maximum Gasteiger partial charge on any atom is 0.234 e. The van der Waals surface area contributed by atoms with Gasteiger partial charge in [-0.05, 0) is 37.1 Å². The molecule has 2 N–H and O–H groups in total. The van der Waals surface area contributed by atoms with Crippen molar-refractivity contribution in [3.05, 3.63) is 34.6 Å². The molecule has 0 unspecified atom stereocenters. The summed E-state index contributed by atoms with van der Waals surface area (Å²) in [4.78, 5) is 4.56. The van der Waals surface area contributed by atoms with Crippen molar-refractivity contribution < 1.29 is 4.52 Å². The van der Waals surface area contributed by atoms with Gasteiger partial charge in [-0.25, -0.2) is 0 Å². The van der Waals surface area contributed by atoms with E-state index in [4.69, 9.17) is 10.3 Å². The van der Waals surface area contributed by atoms with Crippen LogP contribution in [0.3, 0.4) is 0 Å². The Morgan fingerprint density at radius 2 is 1.89 bits per heavy atom. The maximum atomic E-state index is 5.93. The Labute approximate surface area is 120 Å². The van der Waals surface area contributed by atoms with Crippen LogP contribution in [-0.4, -0.2) is 16.7 Å². The molecule has 0 aliphatic heterocycles. The second-order valence-corrected chi connectivity index (χ2v) is 6.04. The van der Waals surface area contributed by atoms with Crippen LogP contribution in [0, 0.1) is 0 Å². The molecular formula is C14H16BrN3O. The molecule has 0 radical (unpaired) electrons. The number of nitrogens with zero attached hydrogens (tertiary/aromatic N) is 2. The molecule has 2 aromatic rings. The van der Waals surface area contributed by atoms with Crippen molar-refractivity contribution in [1.29, 1.82) is 0 Å². The Morgan fingerprint density at radius 1 is 1.21 bits per heavy atom. The van der Waals surface area contributed by atoms with Crippen molar-refractivity contribution in [2.45, 2.75) is 31.1 Å². The van der Waals surface area contributed by atoms with Crippen LogP contribution in [-0.2, 0) is 5.41 Å². The quantitative estimate of drug-likeness (QED) is 0.942. The lowest BCUT2D eigenvalue weighted by Gasteiger charge is -2.21. The molecule has 5 heteroatoms. The van der Waals surface area contributed by atoms with Gasteiger partial charge in [0, 0.05) is 16.6 Å². The molecule has 1 heterocycles. The van der Waals surface area contributed by atoms with Gasteiger partial charge in [0.15, 0.2) is 0 Å². The first-order valence-corrected chi connectivity index (χ1v) is 7.33. The van der Waals surface area contributed by atoms with Crippen LogP contribution in [0.25, 0.3) is 11.4 Å². The third-order valence-corrected chi connectivity index (χ3v) is 4.46. The van der Waals surface area contributed by atoms with Crippen LogP contribution in [0.2, 0.25) is 0 Å². The number of halogens is 1. The van der Waals surface area contributed by atoms with Gasteiger partial charge in [-0.15, -0.1) is 0 Å². The molecule has 0 saturated heterocycles. The summed E-state index contributed by atoms with van der Waals surface area (Å²) in [5, 5.41) is 4.10. The van der Waals surface area contributed by atoms with Gasteiger partial charge in [-0.3, -0.25) is 0 Å². The van der Waals surface area contributed by atoms with Gasteiger partial charge < -0.3 is 10.3 Å². The zero-order valence-corrected chi connectivity index (χ0v) is 12.2. The lowest BCUT2D eigenvalue weighted by molar-refractivity contribution is 0.284. The van der Waals surface area contributed by atoms with Gasteiger partial charge in [0.05, 0.1) is 5.41 Å². The molecule has 0 bridgehead atoms. The standard InChI is InChI=1S/C14H16BrN3O/c15-11-5-3-10(4-6-11)12-17-13(19-18-12)14(9-16)7-1-2-8-14/h3-6H,1-2,7-9,16H2. The summed E-state index contributed by atoms with van der Waals surface area (Å²) in [6.45, 7) is 0.578. The molecule has 4 nitrogen and oxygen atoms in total. The molecule has 0 spiro atoms. The van der Waals surface area contributed by atoms with Crippen LogP contribution in [0.4, 0.5) is 0 Å². The molecule has 1 aliphatic carbocycles. The lowest BCUT2D eigenvalue weighted by Crippen LogP contribution is -2.32. The Balaban J connectivity index is 1.92. The molecule has 1 saturated carbocycles. The molecule has 19 heavy (non-hydrogen) atoms. The van der Waals surface area contributed by atoms with Gasteiger partial charge in [0.25, 0.3) is 0 Å². The van der Waals surface area contributed by atoms with E-state index in [9.17, 15) is 0 Å². The lowest BCUT2D eigenvalue weighted by atomic mass is 9.86. The minimum atomic E-state index is -0.0966. The van der Waals surface area contributed by atoms with Crippen molar-refractivity contribution in [2.24, 2.45) is 5.73 Å². The topological polar surface area (TPSA) is 64.9 Å². The number of benzene rings is 1. The summed E-state index contributed by atoms with van der Waals surface area (Å²) in [6, 6.07) is 7.89. The normalized spacial score (nSPS) is 17.8. The SMILES string of the molecule is NCC1(c2nc(-c3ccc(Br)cc3)no2)CCCC1. The van der Waals surface area contributed by atoms with E-state index in [1.165, 1.54) is 12.8 Å². The van der Waals surface area contributed by atoms with Gasteiger partial charge in [-0.1, -0.05) is 33.9 Å². The number of rotatable bonds is 3. The van der Waals surface area contributed by atoms with E-state index in [0.29, 0.717) is 18.3 Å². The van der Waals surface area contributed by atoms with Crippen LogP contribution < -0.4 is 5.73 Å². The molecule has 1 aromatic carbocycles. The van der Waals surface area contributed by atoms with Gasteiger partial charge >= 0.3 is 0 Å². The van der Waals surface area contributed by atoms with Crippen molar-refractivity contribution in [1.82, 2.24) is 10.1 Å². The predicted molar refractivity (Wildman–Crippen MR) is 76.6 cm³/mol. The van der Waals surface area contributed by atoms with E-state index in [-0.39, 0.29) is 5.41 Å². The molecule has 100 valence electrons. The third kappa shape index (κ3) is 2.32. The maximum absolute atomic E-state index is 5.93. The fraction of sp³-hybridized carbons (Fsp3) is 0.429. The molecule has 3 rings (SSSR count). The minimum Gasteiger partial charge on any atom is -0.338 e. The number of hydrogen-bond donors (Lipinski definition) is 1. The van der Waals surface area contributed by atoms with Gasteiger partial charge in [0.2, 0.25) is 11.7 Å². The highest BCUT2D eigenvalue weighted by atomic mass is 79.9. The number of nitrogens with two attached hydrogens (primary N) is 1. The summed E-state index contributed by atoms with van der Waals surface area (Å²) >= 11 is 3.42. The number of aromatic nitrogens is 2. The molecular weight excluding hydrogens is 306 g/mol. The monoisotopic (exact) mass is 321 g/mol. The average molecular weight is 322 g/mol. The Kier molecular flexibility index (Phi) is 3.41. The average Bonchev–Trinajstić information content (AvgIpc) is 3.09. The zero-order valence-electron chi connectivity index (χ0n) is 10.6. The fourth-order valence-corrected chi connectivity index (χ4v) is 2.98. The second-order valence-electron chi connectivity index (χ2n) is 5.12. The van der Waals surface area contributed by atoms with Crippen molar-refractivity contribution in [3.63, 3.8) is 0 Å². The predicted octanol–water partition coefficient (Wildman–Crippen LogP) is 3.27. The summed E-state index contributed by atoms with van der Waals surface area (Å²) in [7, 11) is 0. The smallest absolute Gasteiger partial charge is 0.234 e. The summed E-state index contributed by atoms with van der Waals surface area (Å²) in [6.07, 6.45) is 4.47. The Morgan fingerprint density at radius 3 is 2.53 bits per heavy atom. The highest BCUT2D eigenvalue weighted by Gasteiger charge is 2.39. The zero-order chi connectivity index (χ0) is 13.3. The molecule has 1 fully saturated rings. The molecule has 1 aliphatic rings. The van der Waals surface area contributed by atoms with Crippen LogP contribution >= 0.6 is 15.9 Å². The minimum absolute atomic E-state index is 0.0966. The van der Waals surface area contributed by atoms with Crippen molar-refractivity contribution >= 4 is 15.9 Å². The Bertz CT molecular complexity index is 558. The highest BCUT2D eigenvalue weighted by molar-refractivity contribution is 9.10. The first kappa shape index (κ1) is 12.8. The second kappa shape index (κ2) is 5.06. The summed E-state index contributed by atoms with van der Waals surface area (Å²) < 4.78 is 6.51. The van der Waals surface area contributed by atoms with E-state index < -0.39 is 0 Å². The summed E-state index contributed by atoms with van der Waals surface area (Å²) in [5.41, 5.74) is 6.80. The highest BCUT2D eigenvalue weighted by Crippen LogP contribution is 2.39. The van der Waals surface area contributed by atoms with E-state index in [1.807, 2.05) is 24.3 Å².